The van der Waals surface area contributed by atoms with E-state index in [2.05, 4.69) is 15.2 Å². The highest BCUT2D eigenvalue weighted by molar-refractivity contribution is 7.52. The van der Waals surface area contributed by atoms with Crippen molar-refractivity contribution in [3.8, 4) is 11.8 Å². The van der Waals surface area contributed by atoms with E-state index < -0.39 is 68.5 Å². The Kier molecular flexibility index (Phi) is 9.60. The molecular formula is C28H32F3N6O8P. The molecule has 1 aliphatic heterocycles. The standard InChI is InChI=1S/C28H32F3N6O8P/c1-16(26(40)43-18-9-7-17(8-10-18)28(29,30)31)36-46(41,45-19-5-3-2-4-6-19)42-14-27(13-32)24(39)22(38)23(44-27)20-11-12-21-25(33)34-15-35-37(20)21/h2-6,11-12,15-18,22-24,38-39H,7-10,14H2,1H3,(H,36,41)(H2,33,34,35)/t16-,17?,18?,22+,23+,24+,27-,46?/m1/s1. The number of para-hydroxylation sites is 1. The highest BCUT2D eigenvalue weighted by Gasteiger charge is 2.57. The van der Waals surface area contributed by atoms with E-state index in [4.69, 9.17) is 24.3 Å². The summed E-state index contributed by atoms with van der Waals surface area (Å²) in [6.45, 7) is 0.388. The predicted molar refractivity (Wildman–Crippen MR) is 153 cm³/mol. The van der Waals surface area contributed by atoms with Crippen LogP contribution in [-0.2, 0) is 23.4 Å². The molecule has 1 saturated heterocycles. The van der Waals surface area contributed by atoms with Gasteiger partial charge >= 0.3 is 19.9 Å². The van der Waals surface area contributed by atoms with Gasteiger partial charge in [-0.25, -0.2) is 14.1 Å². The number of nitrogens with zero attached hydrogens (tertiary/aromatic N) is 4. The van der Waals surface area contributed by atoms with Gasteiger partial charge in [0.1, 0.15) is 60.7 Å². The van der Waals surface area contributed by atoms with E-state index in [9.17, 15) is 38.0 Å². The lowest BCUT2D eigenvalue weighted by Crippen LogP contribution is -2.46. The first kappa shape index (κ1) is 33.6. The number of anilines is 1. The number of carbonyl (C=O) groups is 1. The minimum absolute atomic E-state index is 0.0102. The number of rotatable bonds is 10. The van der Waals surface area contributed by atoms with Crippen molar-refractivity contribution in [3.05, 3.63) is 54.5 Å². The van der Waals surface area contributed by atoms with Gasteiger partial charge in [0.25, 0.3) is 0 Å². The molecule has 0 amide bonds. The van der Waals surface area contributed by atoms with Gasteiger partial charge in [0.05, 0.1) is 11.6 Å². The SMILES string of the molecule is C[C@@H](NP(=O)(OC[C@@]1(C#N)O[C@@H](c2ccc3c(N)ncnn23)[C@H](O)[C@@H]1O)Oc1ccccc1)C(=O)OC1CCC(C(F)(F)F)CC1. The molecule has 0 radical (unpaired) electrons. The number of nitrogen functional groups attached to an aromatic ring is 1. The van der Waals surface area contributed by atoms with E-state index >= 15 is 0 Å². The zero-order chi connectivity index (χ0) is 33.3. The predicted octanol–water partition coefficient (Wildman–Crippen LogP) is 3.21. The van der Waals surface area contributed by atoms with E-state index in [0.29, 0.717) is 5.52 Å². The average Bonchev–Trinajstić information content (AvgIpc) is 3.56. The Morgan fingerprint density at radius 1 is 1.24 bits per heavy atom. The van der Waals surface area contributed by atoms with Gasteiger partial charge in [-0.3, -0.25) is 9.32 Å². The Labute approximate surface area is 260 Å². The number of hydrogen-bond acceptors (Lipinski definition) is 12. The van der Waals surface area contributed by atoms with Crippen LogP contribution in [0.15, 0.2) is 48.8 Å². The van der Waals surface area contributed by atoms with Crippen molar-refractivity contribution in [2.45, 2.75) is 74.8 Å². The van der Waals surface area contributed by atoms with Crippen molar-refractivity contribution in [2.24, 2.45) is 5.92 Å². The zero-order valence-electron chi connectivity index (χ0n) is 24.4. The molecule has 3 heterocycles. The van der Waals surface area contributed by atoms with Crippen LogP contribution in [0.4, 0.5) is 19.0 Å². The maximum atomic E-state index is 14.0. The fraction of sp³-hybridized carbons (Fsp3) is 0.500. The van der Waals surface area contributed by atoms with Crippen LogP contribution in [0.1, 0.15) is 44.4 Å². The van der Waals surface area contributed by atoms with Crippen LogP contribution in [0.25, 0.3) is 5.52 Å². The number of fused-ring (bicyclic) bond motifs is 1. The first-order valence-corrected chi connectivity index (χ1v) is 15.9. The summed E-state index contributed by atoms with van der Waals surface area (Å²) in [7, 11) is -4.58. The maximum absolute atomic E-state index is 14.0. The highest BCUT2D eigenvalue weighted by Crippen LogP contribution is 2.48. The first-order valence-electron chi connectivity index (χ1n) is 14.3. The third-order valence-electron chi connectivity index (χ3n) is 7.98. The normalized spacial score (nSPS) is 28.7. The number of aromatic nitrogens is 3. The van der Waals surface area contributed by atoms with E-state index in [-0.39, 0.29) is 42.9 Å². The third-order valence-corrected chi connectivity index (χ3v) is 9.61. The van der Waals surface area contributed by atoms with E-state index in [0.717, 1.165) is 0 Å². The zero-order valence-corrected chi connectivity index (χ0v) is 25.3. The molecule has 248 valence electrons. The number of nitrogens with one attached hydrogen (secondary N) is 1. The molecule has 5 rings (SSSR count). The largest absolute Gasteiger partial charge is 0.461 e. The van der Waals surface area contributed by atoms with Crippen LogP contribution in [0.3, 0.4) is 0 Å². The molecule has 2 aromatic heterocycles. The van der Waals surface area contributed by atoms with E-state index in [1.165, 1.54) is 36.0 Å². The molecule has 14 nitrogen and oxygen atoms in total. The number of ether oxygens (including phenoxy) is 2. The molecule has 0 bridgehead atoms. The van der Waals surface area contributed by atoms with Crippen molar-refractivity contribution in [1.82, 2.24) is 19.7 Å². The quantitative estimate of drug-likeness (QED) is 0.181. The minimum atomic E-state index is -4.58. The molecule has 2 aliphatic rings. The molecule has 2 fully saturated rings. The van der Waals surface area contributed by atoms with E-state index in [1.54, 1.807) is 30.3 Å². The van der Waals surface area contributed by atoms with Gasteiger partial charge in [0.2, 0.25) is 5.60 Å². The van der Waals surface area contributed by atoms with Gasteiger partial charge in [-0.1, -0.05) is 18.2 Å². The Bertz CT molecular complexity index is 1630. The number of aliphatic hydroxyl groups excluding tert-OH is 2. The number of nitrogens with two attached hydrogens (primary N) is 1. The van der Waals surface area contributed by atoms with Gasteiger partial charge in [0.15, 0.2) is 5.82 Å². The molecule has 46 heavy (non-hydrogen) atoms. The molecule has 0 spiro atoms. The van der Waals surface area contributed by atoms with Gasteiger partial charge in [-0.15, -0.1) is 0 Å². The van der Waals surface area contributed by atoms with Gasteiger partial charge in [-0.05, 0) is 56.9 Å². The number of nitriles is 1. The number of esters is 1. The molecule has 5 N–H and O–H groups in total. The van der Waals surface area contributed by atoms with Crippen LogP contribution in [0, 0.1) is 17.2 Å². The molecule has 1 unspecified atom stereocenters. The molecule has 1 aromatic carbocycles. The molecule has 3 aromatic rings. The van der Waals surface area contributed by atoms with Crippen molar-refractivity contribution in [2.75, 3.05) is 12.3 Å². The number of benzene rings is 1. The molecule has 6 atom stereocenters. The number of hydrogen-bond donors (Lipinski definition) is 4. The highest BCUT2D eigenvalue weighted by atomic mass is 31.2. The van der Waals surface area contributed by atoms with Crippen molar-refractivity contribution in [3.63, 3.8) is 0 Å². The lowest BCUT2D eigenvalue weighted by atomic mass is 9.87. The summed E-state index contributed by atoms with van der Waals surface area (Å²) >= 11 is 0. The second kappa shape index (κ2) is 13.1. The van der Waals surface area contributed by atoms with Crippen LogP contribution in [0.2, 0.25) is 0 Å². The number of carbonyl (C=O) groups excluding carboxylic acids is 1. The summed E-state index contributed by atoms with van der Waals surface area (Å²) in [6, 6.07) is 11.2. The van der Waals surface area contributed by atoms with E-state index in [1.807, 2.05) is 0 Å². The first-order chi connectivity index (χ1) is 21.7. The Hall–Kier alpha value is -3.78. The fourth-order valence-electron chi connectivity index (χ4n) is 5.43. The number of alkyl halides is 3. The minimum Gasteiger partial charge on any atom is -0.461 e. The summed E-state index contributed by atoms with van der Waals surface area (Å²) in [6.07, 6.45) is -9.11. The van der Waals surface area contributed by atoms with Crippen molar-refractivity contribution in [1.29, 1.82) is 5.26 Å². The smallest absolute Gasteiger partial charge is 0.459 e. The summed E-state index contributed by atoms with van der Waals surface area (Å²) in [5, 5.41) is 38.5. The molecule has 1 saturated carbocycles. The lowest BCUT2D eigenvalue weighted by Gasteiger charge is -2.31. The number of halogens is 3. The maximum Gasteiger partial charge on any atom is 0.459 e. The lowest BCUT2D eigenvalue weighted by molar-refractivity contribution is -0.188. The van der Waals surface area contributed by atoms with Crippen LogP contribution < -0.4 is 15.3 Å². The average molecular weight is 669 g/mol. The third kappa shape index (κ3) is 6.97. The van der Waals surface area contributed by atoms with Crippen LogP contribution in [0.5, 0.6) is 5.75 Å². The Morgan fingerprint density at radius 3 is 2.59 bits per heavy atom. The molecular weight excluding hydrogens is 636 g/mol. The Morgan fingerprint density at radius 2 is 1.93 bits per heavy atom. The van der Waals surface area contributed by atoms with Gasteiger partial charge in [0, 0.05) is 0 Å². The molecule has 18 heteroatoms. The number of aliphatic hydroxyl groups is 2. The monoisotopic (exact) mass is 668 g/mol. The summed E-state index contributed by atoms with van der Waals surface area (Å²) in [4.78, 5) is 16.8. The van der Waals surface area contributed by atoms with Crippen molar-refractivity contribution >= 4 is 25.1 Å². The summed E-state index contributed by atoms with van der Waals surface area (Å²) in [5.41, 5.74) is 4.22. The Balaban J connectivity index is 1.31. The van der Waals surface area contributed by atoms with Gasteiger partial charge in [-0.2, -0.15) is 28.6 Å². The van der Waals surface area contributed by atoms with Gasteiger partial charge < -0.3 is 29.9 Å². The molecule has 1 aliphatic carbocycles. The fourth-order valence-corrected chi connectivity index (χ4v) is 6.95. The summed E-state index contributed by atoms with van der Waals surface area (Å²) < 4.78 is 76.9. The van der Waals surface area contributed by atoms with Crippen LogP contribution >= 0.6 is 7.75 Å². The second-order valence-electron chi connectivity index (χ2n) is 11.2. The van der Waals surface area contributed by atoms with Crippen molar-refractivity contribution < 1.29 is 51.3 Å². The topological polar surface area (TPSA) is 204 Å². The summed E-state index contributed by atoms with van der Waals surface area (Å²) in [5.74, 6) is -2.19. The van der Waals surface area contributed by atoms with Crippen LogP contribution in [-0.4, -0.2) is 73.5 Å². The second-order valence-corrected chi connectivity index (χ2v) is 12.8.